The molecule has 0 saturated carbocycles. The van der Waals surface area contributed by atoms with Crippen LogP contribution in [0.5, 0.6) is 0 Å². The van der Waals surface area contributed by atoms with Crippen LogP contribution < -0.4 is 10.2 Å². The molecule has 2 heterocycles. The van der Waals surface area contributed by atoms with E-state index in [9.17, 15) is 9.18 Å². The molecule has 3 rings (SSSR count). The summed E-state index contributed by atoms with van der Waals surface area (Å²) in [5.41, 5.74) is 2.96. The quantitative estimate of drug-likeness (QED) is 0.703. The van der Waals surface area contributed by atoms with Crippen LogP contribution in [0.3, 0.4) is 0 Å². The van der Waals surface area contributed by atoms with Crippen molar-refractivity contribution in [3.05, 3.63) is 52.7 Å². The number of amides is 2. The summed E-state index contributed by atoms with van der Waals surface area (Å²) in [4.78, 5) is 25.8. The van der Waals surface area contributed by atoms with E-state index in [2.05, 4.69) is 29.0 Å². The average Bonchev–Trinajstić information content (AvgIpc) is 2.75. The first-order valence-electron chi connectivity index (χ1n) is 10.9. The number of hydrogen-bond acceptors (Lipinski definition) is 4. The molecule has 7 heteroatoms. The second kappa shape index (κ2) is 10.4. The first kappa shape index (κ1) is 22.0. The number of anilines is 1. The lowest BCUT2D eigenvalue weighted by Gasteiger charge is -2.36. The summed E-state index contributed by atoms with van der Waals surface area (Å²) in [5, 5.41) is 2.99. The molecular weight excluding hydrogens is 381 g/mol. The van der Waals surface area contributed by atoms with Crippen molar-refractivity contribution in [1.29, 1.82) is 0 Å². The lowest BCUT2D eigenvalue weighted by molar-refractivity contribution is 0.194. The number of unbranched alkanes of at least 4 members (excludes halogenated alkanes) is 1. The maximum atomic E-state index is 13.7. The normalized spacial score (nSPS) is 14.1. The maximum absolute atomic E-state index is 13.7. The zero-order chi connectivity index (χ0) is 21.5. The van der Waals surface area contributed by atoms with Crippen molar-refractivity contribution in [3.8, 4) is 0 Å². The number of halogens is 1. The fourth-order valence-corrected chi connectivity index (χ4v) is 3.83. The van der Waals surface area contributed by atoms with Gasteiger partial charge in [0.25, 0.3) is 0 Å². The molecule has 1 saturated heterocycles. The van der Waals surface area contributed by atoms with Crippen LogP contribution in [0, 0.1) is 12.7 Å². The van der Waals surface area contributed by atoms with E-state index in [0.717, 1.165) is 67.4 Å². The van der Waals surface area contributed by atoms with Crippen molar-refractivity contribution in [3.63, 3.8) is 0 Å². The molecule has 0 unspecified atom stereocenters. The number of benzene rings is 1. The highest BCUT2D eigenvalue weighted by atomic mass is 19.1. The third-order valence-corrected chi connectivity index (χ3v) is 5.46. The summed E-state index contributed by atoms with van der Waals surface area (Å²) in [5.74, 6) is 1.42. The number of piperazine rings is 1. The van der Waals surface area contributed by atoms with E-state index in [1.165, 1.54) is 6.07 Å². The van der Waals surface area contributed by atoms with Gasteiger partial charge in [0, 0.05) is 50.4 Å². The van der Waals surface area contributed by atoms with Gasteiger partial charge < -0.3 is 15.1 Å². The molecule has 0 atom stereocenters. The minimum absolute atomic E-state index is 0.0104. The number of nitrogens with zero attached hydrogens (tertiary/aromatic N) is 4. The van der Waals surface area contributed by atoms with Gasteiger partial charge in [0.15, 0.2) is 0 Å². The number of carbonyl (C=O) groups excluding carboxylic acids is 1. The molecule has 1 fully saturated rings. The third-order valence-electron chi connectivity index (χ3n) is 5.46. The van der Waals surface area contributed by atoms with E-state index in [1.807, 2.05) is 17.9 Å². The lowest BCUT2D eigenvalue weighted by Crippen LogP contribution is -2.52. The summed E-state index contributed by atoms with van der Waals surface area (Å²) in [7, 11) is 0. The van der Waals surface area contributed by atoms with E-state index in [0.29, 0.717) is 19.5 Å². The molecule has 0 radical (unpaired) electrons. The van der Waals surface area contributed by atoms with E-state index >= 15 is 0 Å². The fourth-order valence-electron chi connectivity index (χ4n) is 3.83. The first-order chi connectivity index (χ1) is 14.5. The molecule has 0 aliphatic carbocycles. The molecule has 0 spiro atoms. The van der Waals surface area contributed by atoms with E-state index in [4.69, 9.17) is 4.98 Å². The van der Waals surface area contributed by atoms with Gasteiger partial charge in [-0.1, -0.05) is 32.4 Å². The maximum Gasteiger partial charge on any atom is 0.317 e. The van der Waals surface area contributed by atoms with Crippen molar-refractivity contribution < 1.29 is 9.18 Å². The van der Waals surface area contributed by atoms with Crippen LogP contribution in [0.4, 0.5) is 15.0 Å². The van der Waals surface area contributed by atoms with Crippen LogP contribution in [0.25, 0.3) is 0 Å². The molecule has 1 aliphatic heterocycles. The Hall–Kier alpha value is -2.70. The Balaban J connectivity index is 1.77. The van der Waals surface area contributed by atoms with Gasteiger partial charge in [-0.05, 0) is 37.5 Å². The smallest absolute Gasteiger partial charge is 0.317 e. The second-order valence-corrected chi connectivity index (χ2v) is 7.74. The Labute approximate surface area is 178 Å². The molecule has 1 aliphatic rings. The van der Waals surface area contributed by atoms with Gasteiger partial charge >= 0.3 is 6.03 Å². The van der Waals surface area contributed by atoms with Gasteiger partial charge in [-0.3, -0.25) is 0 Å². The predicted octanol–water partition coefficient (Wildman–Crippen LogP) is 3.71. The summed E-state index contributed by atoms with van der Waals surface area (Å²) in [6, 6.07) is 6.71. The molecule has 30 heavy (non-hydrogen) atoms. The zero-order valence-corrected chi connectivity index (χ0v) is 18.2. The minimum atomic E-state index is -0.233. The SMILES string of the molecule is CCCCNC(=O)N1CCN(c2nc(C)nc(CC)c2Cc2cccc(F)c2)CC1. The summed E-state index contributed by atoms with van der Waals surface area (Å²) >= 11 is 0. The van der Waals surface area contributed by atoms with Crippen molar-refractivity contribution in [1.82, 2.24) is 20.2 Å². The van der Waals surface area contributed by atoms with Gasteiger partial charge in [0.2, 0.25) is 0 Å². The van der Waals surface area contributed by atoms with Crippen molar-refractivity contribution in [2.45, 2.75) is 46.5 Å². The van der Waals surface area contributed by atoms with Crippen LogP contribution in [0.2, 0.25) is 0 Å². The van der Waals surface area contributed by atoms with E-state index < -0.39 is 0 Å². The second-order valence-electron chi connectivity index (χ2n) is 7.74. The monoisotopic (exact) mass is 413 g/mol. The van der Waals surface area contributed by atoms with Crippen LogP contribution in [0.15, 0.2) is 24.3 Å². The van der Waals surface area contributed by atoms with Gasteiger partial charge in [0.05, 0.1) is 0 Å². The number of hydrogen-bond donors (Lipinski definition) is 1. The molecule has 1 N–H and O–H groups in total. The lowest BCUT2D eigenvalue weighted by atomic mass is 10.0. The minimum Gasteiger partial charge on any atom is -0.353 e. The Morgan fingerprint density at radius 1 is 1.17 bits per heavy atom. The standard InChI is InChI=1S/C23H32FN5O/c1-4-6-10-25-23(30)29-13-11-28(12-14-29)22-20(21(5-2)26-17(3)27-22)16-18-8-7-9-19(24)15-18/h7-9,15H,4-6,10-14,16H2,1-3H3,(H,25,30). The summed E-state index contributed by atoms with van der Waals surface area (Å²) in [6.45, 7) is 9.57. The average molecular weight is 414 g/mol. The van der Waals surface area contributed by atoms with Crippen LogP contribution in [-0.4, -0.2) is 53.6 Å². The Kier molecular flexibility index (Phi) is 7.60. The summed E-state index contributed by atoms with van der Waals surface area (Å²) < 4.78 is 13.7. The third kappa shape index (κ3) is 5.46. The first-order valence-corrected chi connectivity index (χ1v) is 10.9. The summed E-state index contributed by atoms with van der Waals surface area (Å²) in [6.07, 6.45) is 3.44. The van der Waals surface area contributed by atoms with Crippen LogP contribution >= 0.6 is 0 Å². The predicted molar refractivity (Wildman–Crippen MR) is 117 cm³/mol. The highest BCUT2D eigenvalue weighted by molar-refractivity contribution is 5.74. The van der Waals surface area contributed by atoms with Crippen molar-refractivity contribution in [2.75, 3.05) is 37.6 Å². The molecule has 2 amide bonds. The topological polar surface area (TPSA) is 61.4 Å². The molecule has 1 aromatic carbocycles. The van der Waals surface area contributed by atoms with Crippen LogP contribution in [0.1, 0.15) is 49.3 Å². The van der Waals surface area contributed by atoms with Crippen molar-refractivity contribution in [2.24, 2.45) is 0 Å². The highest BCUT2D eigenvalue weighted by Crippen LogP contribution is 2.26. The largest absolute Gasteiger partial charge is 0.353 e. The van der Waals surface area contributed by atoms with Crippen molar-refractivity contribution >= 4 is 11.8 Å². The molecule has 0 bridgehead atoms. The number of rotatable bonds is 7. The van der Waals surface area contributed by atoms with Gasteiger partial charge in [-0.25, -0.2) is 19.2 Å². The molecule has 1 aromatic heterocycles. The van der Waals surface area contributed by atoms with Gasteiger partial charge in [-0.2, -0.15) is 0 Å². The highest BCUT2D eigenvalue weighted by Gasteiger charge is 2.25. The number of urea groups is 1. The number of carbonyl (C=O) groups is 1. The van der Waals surface area contributed by atoms with Gasteiger partial charge in [0.1, 0.15) is 17.5 Å². The molecule has 2 aromatic rings. The van der Waals surface area contributed by atoms with Gasteiger partial charge in [-0.15, -0.1) is 0 Å². The zero-order valence-electron chi connectivity index (χ0n) is 18.2. The molecular formula is C23H32FN5O. The number of nitrogens with one attached hydrogen (secondary N) is 1. The number of aromatic nitrogens is 2. The van der Waals surface area contributed by atoms with Crippen LogP contribution in [-0.2, 0) is 12.8 Å². The van der Waals surface area contributed by atoms with E-state index in [-0.39, 0.29) is 11.8 Å². The Morgan fingerprint density at radius 2 is 1.93 bits per heavy atom. The molecule has 6 nitrogen and oxygen atoms in total. The number of aryl methyl sites for hydroxylation is 2. The fraction of sp³-hybridized carbons (Fsp3) is 0.522. The molecule has 162 valence electrons. The van der Waals surface area contributed by atoms with E-state index in [1.54, 1.807) is 12.1 Å². The Bertz CT molecular complexity index is 865. The Morgan fingerprint density at radius 3 is 2.60 bits per heavy atom.